The van der Waals surface area contributed by atoms with Gasteiger partial charge in [-0.25, -0.2) is 0 Å². The lowest BCUT2D eigenvalue weighted by Crippen LogP contribution is -2.17. The summed E-state index contributed by atoms with van der Waals surface area (Å²) in [5, 5.41) is 1.12. The highest BCUT2D eigenvalue weighted by molar-refractivity contribution is 14.1. The minimum Gasteiger partial charge on any atom is -0.309 e. The molecule has 0 amide bonds. The molecule has 0 radical (unpaired) electrons. The van der Waals surface area contributed by atoms with Crippen LogP contribution in [0.1, 0.15) is 6.92 Å². The molecule has 0 N–H and O–H groups in total. The van der Waals surface area contributed by atoms with Crippen molar-refractivity contribution in [3.8, 4) is 0 Å². The average Bonchev–Trinajstić information content (AvgIpc) is 2.18. The van der Waals surface area contributed by atoms with E-state index in [0.29, 0.717) is 0 Å². The van der Waals surface area contributed by atoms with Gasteiger partial charge in [-0.05, 0) is 59.2 Å². The van der Waals surface area contributed by atoms with Gasteiger partial charge in [-0.2, -0.15) is 0 Å². The van der Waals surface area contributed by atoms with Crippen molar-refractivity contribution in [2.45, 2.75) is 13.5 Å². The normalized spacial score (nSPS) is 10.7. The molecule has 0 unspecified atom stereocenters. The van der Waals surface area contributed by atoms with Crippen LogP contribution in [0.5, 0.6) is 0 Å². The van der Waals surface area contributed by atoms with Crippen LogP contribution in [0.15, 0.2) is 35.1 Å². The molecule has 0 atom stereocenters. The maximum atomic E-state index is 11.5. The third kappa shape index (κ3) is 1.56. The van der Waals surface area contributed by atoms with Crippen molar-refractivity contribution < 1.29 is 0 Å². The van der Waals surface area contributed by atoms with Gasteiger partial charge in [0, 0.05) is 16.2 Å². The first-order chi connectivity index (χ1) is 6.72. The molecular weight excluding hydrogens is 289 g/mol. The van der Waals surface area contributed by atoms with E-state index < -0.39 is 0 Å². The maximum absolute atomic E-state index is 11.5. The van der Waals surface area contributed by atoms with Crippen molar-refractivity contribution in [2.75, 3.05) is 0 Å². The molecule has 3 heteroatoms. The molecule has 0 saturated heterocycles. The van der Waals surface area contributed by atoms with E-state index >= 15 is 0 Å². The summed E-state index contributed by atoms with van der Waals surface area (Å²) >= 11 is 2.27. The molecular formula is C11H10INO. The number of pyridine rings is 1. The van der Waals surface area contributed by atoms with E-state index in [1.807, 2.05) is 25.1 Å². The van der Waals surface area contributed by atoms with Crippen LogP contribution < -0.4 is 5.56 Å². The summed E-state index contributed by atoms with van der Waals surface area (Å²) in [6.07, 6.45) is 0. The Balaban J connectivity index is 2.89. The van der Waals surface area contributed by atoms with Gasteiger partial charge in [0.1, 0.15) is 0 Å². The summed E-state index contributed by atoms with van der Waals surface area (Å²) in [6.45, 7) is 2.70. The molecule has 72 valence electrons. The van der Waals surface area contributed by atoms with Crippen molar-refractivity contribution in [1.82, 2.24) is 4.57 Å². The van der Waals surface area contributed by atoms with Crippen molar-refractivity contribution >= 4 is 33.5 Å². The maximum Gasteiger partial charge on any atom is 0.250 e. The second-order valence-corrected chi connectivity index (χ2v) is 4.36. The smallest absolute Gasteiger partial charge is 0.250 e. The van der Waals surface area contributed by atoms with Gasteiger partial charge in [0.15, 0.2) is 0 Å². The first-order valence-electron chi connectivity index (χ1n) is 4.51. The molecule has 0 fully saturated rings. The zero-order valence-corrected chi connectivity index (χ0v) is 9.98. The first-order valence-corrected chi connectivity index (χ1v) is 5.59. The van der Waals surface area contributed by atoms with Crippen LogP contribution in [0.3, 0.4) is 0 Å². The topological polar surface area (TPSA) is 22.0 Å². The molecule has 14 heavy (non-hydrogen) atoms. The van der Waals surface area contributed by atoms with Gasteiger partial charge in [-0.3, -0.25) is 4.79 Å². The zero-order valence-electron chi connectivity index (χ0n) is 7.83. The summed E-state index contributed by atoms with van der Waals surface area (Å²) < 4.78 is 2.97. The summed E-state index contributed by atoms with van der Waals surface area (Å²) in [4.78, 5) is 11.5. The highest BCUT2D eigenvalue weighted by Crippen LogP contribution is 2.15. The Morgan fingerprint density at radius 3 is 2.79 bits per heavy atom. The Bertz CT molecular complexity index is 530. The standard InChI is InChI=1S/C11H10INO/c1-2-13-10-5-4-9(12)7-8(10)3-6-11(13)14/h3-7H,2H2,1H3. The molecule has 2 nitrogen and oxygen atoms in total. The molecule has 1 aromatic carbocycles. The summed E-state index contributed by atoms with van der Waals surface area (Å²) in [5.74, 6) is 0. The van der Waals surface area contributed by atoms with Gasteiger partial charge in [0.05, 0.1) is 5.52 Å². The number of halogens is 1. The fourth-order valence-corrected chi connectivity index (χ4v) is 2.12. The van der Waals surface area contributed by atoms with E-state index in [1.165, 1.54) is 3.57 Å². The number of hydrogen-bond acceptors (Lipinski definition) is 1. The molecule has 0 spiro atoms. The van der Waals surface area contributed by atoms with Crippen LogP contribution >= 0.6 is 22.6 Å². The number of aromatic nitrogens is 1. The Morgan fingerprint density at radius 1 is 1.29 bits per heavy atom. The SMILES string of the molecule is CCn1c(=O)ccc2cc(I)ccc21. The number of aryl methyl sites for hydroxylation is 1. The molecule has 0 aliphatic heterocycles. The van der Waals surface area contributed by atoms with E-state index in [0.717, 1.165) is 17.4 Å². The van der Waals surface area contributed by atoms with Crippen LogP contribution in [-0.4, -0.2) is 4.57 Å². The first kappa shape index (κ1) is 9.71. The lowest BCUT2D eigenvalue weighted by atomic mass is 10.2. The van der Waals surface area contributed by atoms with E-state index in [1.54, 1.807) is 10.6 Å². The Hall–Kier alpha value is -0.840. The van der Waals surface area contributed by atoms with E-state index in [9.17, 15) is 4.79 Å². The highest BCUT2D eigenvalue weighted by Gasteiger charge is 2.00. The van der Waals surface area contributed by atoms with Gasteiger partial charge >= 0.3 is 0 Å². The fourth-order valence-electron chi connectivity index (χ4n) is 1.60. The molecule has 0 saturated carbocycles. The molecule has 0 aliphatic rings. The van der Waals surface area contributed by atoms with E-state index in [4.69, 9.17) is 0 Å². The minimum absolute atomic E-state index is 0.0706. The second kappa shape index (κ2) is 3.73. The van der Waals surface area contributed by atoms with Gasteiger partial charge in [-0.15, -0.1) is 0 Å². The van der Waals surface area contributed by atoms with Crippen molar-refractivity contribution in [3.05, 3.63) is 44.3 Å². The van der Waals surface area contributed by atoms with E-state index in [-0.39, 0.29) is 5.56 Å². The number of benzene rings is 1. The van der Waals surface area contributed by atoms with Crippen LogP contribution in [0.2, 0.25) is 0 Å². The zero-order chi connectivity index (χ0) is 10.1. The minimum atomic E-state index is 0.0706. The van der Waals surface area contributed by atoms with Crippen molar-refractivity contribution in [3.63, 3.8) is 0 Å². The van der Waals surface area contributed by atoms with Gasteiger partial charge in [0.25, 0.3) is 5.56 Å². The fraction of sp³-hybridized carbons (Fsp3) is 0.182. The predicted molar refractivity (Wildman–Crippen MR) is 66.6 cm³/mol. The van der Waals surface area contributed by atoms with Gasteiger partial charge in [-0.1, -0.05) is 0 Å². The van der Waals surface area contributed by atoms with Crippen molar-refractivity contribution in [2.24, 2.45) is 0 Å². The quantitative estimate of drug-likeness (QED) is 0.742. The number of rotatable bonds is 1. The summed E-state index contributed by atoms with van der Waals surface area (Å²) in [5.41, 5.74) is 1.08. The summed E-state index contributed by atoms with van der Waals surface area (Å²) in [6, 6.07) is 9.62. The van der Waals surface area contributed by atoms with Crippen LogP contribution in [0.25, 0.3) is 10.9 Å². The Morgan fingerprint density at radius 2 is 2.07 bits per heavy atom. The molecule has 2 rings (SSSR count). The van der Waals surface area contributed by atoms with Crippen LogP contribution in [0, 0.1) is 3.57 Å². The van der Waals surface area contributed by atoms with Crippen LogP contribution in [0.4, 0.5) is 0 Å². The Kier molecular flexibility index (Phi) is 2.58. The number of nitrogens with zero attached hydrogens (tertiary/aromatic N) is 1. The lowest BCUT2D eigenvalue weighted by molar-refractivity contribution is 0.760. The molecule has 0 bridgehead atoms. The highest BCUT2D eigenvalue weighted by atomic mass is 127. The third-order valence-corrected chi connectivity index (χ3v) is 2.94. The monoisotopic (exact) mass is 299 g/mol. The average molecular weight is 299 g/mol. The third-order valence-electron chi connectivity index (χ3n) is 2.27. The van der Waals surface area contributed by atoms with Crippen LogP contribution in [-0.2, 0) is 6.54 Å². The number of hydrogen-bond donors (Lipinski definition) is 0. The van der Waals surface area contributed by atoms with E-state index in [2.05, 4.69) is 28.7 Å². The Labute approximate surface area is 95.7 Å². The van der Waals surface area contributed by atoms with Gasteiger partial charge in [0.2, 0.25) is 0 Å². The lowest BCUT2D eigenvalue weighted by Gasteiger charge is -2.06. The summed E-state index contributed by atoms with van der Waals surface area (Å²) in [7, 11) is 0. The van der Waals surface area contributed by atoms with Crippen molar-refractivity contribution in [1.29, 1.82) is 0 Å². The molecule has 1 aromatic heterocycles. The number of fused-ring (bicyclic) bond motifs is 1. The molecule has 1 heterocycles. The van der Waals surface area contributed by atoms with Gasteiger partial charge < -0.3 is 4.57 Å². The second-order valence-electron chi connectivity index (χ2n) is 3.12. The largest absolute Gasteiger partial charge is 0.309 e. The molecule has 2 aromatic rings. The predicted octanol–water partition coefficient (Wildman–Crippen LogP) is 2.63. The molecule has 0 aliphatic carbocycles.